The van der Waals surface area contributed by atoms with Crippen LogP contribution in [0.2, 0.25) is 5.02 Å². The smallest absolute Gasteiger partial charge is 0.149 e. The summed E-state index contributed by atoms with van der Waals surface area (Å²) in [4.78, 5) is 7.74. The number of nitrogens with one attached hydrogen (secondary N) is 1. The first-order valence-electron chi connectivity index (χ1n) is 9.72. The highest BCUT2D eigenvalue weighted by molar-refractivity contribution is 6.31. The molecule has 0 radical (unpaired) electrons. The number of nitrogens with zero attached hydrogens (tertiary/aromatic N) is 3. The summed E-state index contributed by atoms with van der Waals surface area (Å²) in [5.41, 5.74) is 4.29. The normalized spacial score (nSPS) is 11.8. The number of hydrogen-bond donors (Lipinski definition) is 1. The van der Waals surface area contributed by atoms with Crippen LogP contribution in [0.5, 0.6) is 0 Å². The van der Waals surface area contributed by atoms with Crippen molar-refractivity contribution < 1.29 is 4.39 Å². The molecule has 0 saturated carbocycles. The Morgan fingerprint density at radius 1 is 1.10 bits per heavy atom. The summed E-state index contributed by atoms with van der Waals surface area (Å²) in [6.45, 7) is 0.284. The fraction of sp³-hybridized carbons (Fsp3) is 0.0400. The number of allylic oxidation sites excluding steroid dienone is 1. The Morgan fingerprint density at radius 2 is 1.90 bits per heavy atom. The third-order valence-electron chi connectivity index (χ3n) is 5.27. The zero-order valence-electron chi connectivity index (χ0n) is 16.3. The van der Waals surface area contributed by atoms with E-state index < -0.39 is 0 Å². The van der Waals surface area contributed by atoms with Crippen LogP contribution in [0.1, 0.15) is 17.0 Å². The molecule has 2 aromatic heterocycles. The van der Waals surface area contributed by atoms with Gasteiger partial charge in [-0.25, -0.2) is 9.37 Å². The van der Waals surface area contributed by atoms with E-state index in [4.69, 9.17) is 11.6 Å². The minimum atomic E-state index is -0.345. The van der Waals surface area contributed by atoms with Crippen molar-refractivity contribution in [3.63, 3.8) is 0 Å². The van der Waals surface area contributed by atoms with E-state index in [1.165, 1.54) is 6.07 Å². The van der Waals surface area contributed by atoms with Crippen LogP contribution < -0.4 is 0 Å². The predicted octanol–water partition coefficient (Wildman–Crippen LogP) is 6.42. The fourth-order valence-corrected chi connectivity index (χ4v) is 3.99. The van der Waals surface area contributed by atoms with E-state index in [0.717, 1.165) is 27.5 Å². The number of benzene rings is 3. The first-order valence-corrected chi connectivity index (χ1v) is 10.1. The number of fused-ring (bicyclic) bond motifs is 2. The van der Waals surface area contributed by atoms with Gasteiger partial charge in [-0.3, -0.25) is 0 Å². The quantitative estimate of drug-likeness (QED) is 0.337. The van der Waals surface area contributed by atoms with Crippen molar-refractivity contribution in [3.05, 3.63) is 101 Å². The summed E-state index contributed by atoms with van der Waals surface area (Å²) >= 11 is 6.24. The van der Waals surface area contributed by atoms with Gasteiger partial charge in [-0.05, 0) is 36.4 Å². The second-order valence-corrected chi connectivity index (χ2v) is 7.61. The lowest BCUT2D eigenvalue weighted by Gasteiger charge is -2.08. The molecule has 0 aliphatic heterocycles. The first kappa shape index (κ1) is 19.1. The molecule has 1 N–H and O–H groups in total. The van der Waals surface area contributed by atoms with Crippen LogP contribution in [0.25, 0.3) is 33.6 Å². The zero-order valence-corrected chi connectivity index (χ0v) is 17.1. The van der Waals surface area contributed by atoms with E-state index in [2.05, 4.69) is 16.0 Å². The fourth-order valence-electron chi connectivity index (χ4n) is 3.76. The van der Waals surface area contributed by atoms with Crippen molar-refractivity contribution in [1.82, 2.24) is 14.5 Å². The summed E-state index contributed by atoms with van der Waals surface area (Å²) in [5, 5.41) is 11.1. The SMILES string of the molecule is N#CC(=Cc1cn(Cc2c(F)cccc2Cl)c2ccccc12)c1nc2ccccc2[nH]1. The number of hydrogen-bond acceptors (Lipinski definition) is 2. The van der Waals surface area contributed by atoms with Gasteiger partial charge in [0.05, 0.1) is 23.2 Å². The van der Waals surface area contributed by atoms with E-state index in [9.17, 15) is 9.65 Å². The average molecular weight is 427 g/mol. The molecule has 5 rings (SSSR count). The number of aromatic nitrogens is 3. The Morgan fingerprint density at radius 3 is 2.71 bits per heavy atom. The summed E-state index contributed by atoms with van der Waals surface area (Å²) in [6.07, 6.45) is 3.72. The van der Waals surface area contributed by atoms with Gasteiger partial charge in [0.1, 0.15) is 17.7 Å². The van der Waals surface area contributed by atoms with E-state index in [-0.39, 0.29) is 12.4 Å². The Balaban J connectivity index is 1.62. The summed E-state index contributed by atoms with van der Waals surface area (Å²) in [5.74, 6) is 0.167. The Labute approximate surface area is 182 Å². The van der Waals surface area contributed by atoms with Crippen molar-refractivity contribution in [2.24, 2.45) is 0 Å². The molecule has 0 aliphatic rings. The highest BCUT2D eigenvalue weighted by Crippen LogP contribution is 2.28. The molecule has 3 aromatic carbocycles. The third-order valence-corrected chi connectivity index (χ3v) is 5.63. The lowest BCUT2D eigenvalue weighted by Crippen LogP contribution is -2.01. The number of imidazole rings is 1. The van der Waals surface area contributed by atoms with Crippen LogP contribution >= 0.6 is 11.6 Å². The van der Waals surface area contributed by atoms with Gasteiger partial charge < -0.3 is 9.55 Å². The number of H-pyrrole nitrogens is 1. The first-order chi connectivity index (χ1) is 15.1. The van der Waals surface area contributed by atoms with Gasteiger partial charge in [0.25, 0.3) is 0 Å². The maximum absolute atomic E-state index is 14.4. The van der Waals surface area contributed by atoms with E-state index in [1.54, 1.807) is 18.2 Å². The van der Waals surface area contributed by atoms with Crippen LogP contribution in [0.3, 0.4) is 0 Å². The summed E-state index contributed by atoms with van der Waals surface area (Å²) in [6, 6.07) is 22.4. The van der Waals surface area contributed by atoms with Gasteiger partial charge >= 0.3 is 0 Å². The zero-order chi connectivity index (χ0) is 21.4. The number of rotatable bonds is 4. The third kappa shape index (κ3) is 3.48. The molecule has 31 heavy (non-hydrogen) atoms. The molecule has 5 aromatic rings. The van der Waals surface area contributed by atoms with Gasteiger partial charge in [0.15, 0.2) is 0 Å². The van der Waals surface area contributed by atoms with Crippen LogP contribution in [0.15, 0.2) is 72.9 Å². The maximum Gasteiger partial charge on any atom is 0.149 e. The summed E-state index contributed by atoms with van der Waals surface area (Å²) < 4.78 is 16.3. The standard InChI is InChI=1S/C25H16ClFN4/c26-20-7-5-8-21(27)19(20)15-31-14-17(18-6-1-4-11-24(18)31)12-16(13-28)25-29-22-9-2-3-10-23(22)30-25/h1-12,14H,15H2,(H,29,30). The Hall–Kier alpha value is -3.88. The van der Waals surface area contributed by atoms with Crippen LogP contribution in [0, 0.1) is 17.1 Å². The predicted molar refractivity (Wildman–Crippen MR) is 122 cm³/mol. The van der Waals surface area contributed by atoms with Crippen LogP contribution in [-0.4, -0.2) is 14.5 Å². The highest BCUT2D eigenvalue weighted by atomic mass is 35.5. The molecular weight excluding hydrogens is 411 g/mol. The Kier molecular flexibility index (Phi) is 4.78. The molecule has 0 atom stereocenters. The highest BCUT2D eigenvalue weighted by Gasteiger charge is 2.14. The summed E-state index contributed by atoms with van der Waals surface area (Å²) in [7, 11) is 0. The second-order valence-electron chi connectivity index (χ2n) is 7.20. The van der Waals surface area contributed by atoms with Crippen LogP contribution in [0.4, 0.5) is 4.39 Å². The number of para-hydroxylation sites is 3. The molecule has 0 spiro atoms. The maximum atomic E-state index is 14.4. The largest absolute Gasteiger partial charge is 0.342 e. The monoisotopic (exact) mass is 426 g/mol. The lowest BCUT2D eigenvalue weighted by molar-refractivity contribution is 0.602. The minimum Gasteiger partial charge on any atom is -0.342 e. The van der Waals surface area contributed by atoms with Gasteiger partial charge in [-0.15, -0.1) is 0 Å². The van der Waals surface area contributed by atoms with Gasteiger partial charge in [-0.1, -0.05) is 48.0 Å². The van der Waals surface area contributed by atoms with E-state index in [0.29, 0.717) is 22.0 Å². The molecule has 2 heterocycles. The minimum absolute atomic E-state index is 0.284. The van der Waals surface area contributed by atoms with Gasteiger partial charge in [0, 0.05) is 33.2 Å². The molecule has 0 aliphatic carbocycles. The molecule has 4 nitrogen and oxygen atoms in total. The van der Waals surface area contributed by atoms with Gasteiger partial charge in [-0.2, -0.15) is 5.26 Å². The average Bonchev–Trinajstić information content (AvgIpc) is 3.36. The van der Waals surface area contributed by atoms with Crippen molar-refractivity contribution in [3.8, 4) is 6.07 Å². The molecule has 0 bridgehead atoms. The van der Waals surface area contributed by atoms with Crippen LogP contribution in [-0.2, 0) is 6.54 Å². The molecular formula is C25H16ClFN4. The Bertz CT molecular complexity index is 1450. The number of halogens is 2. The molecule has 0 amide bonds. The van der Waals surface area contributed by atoms with E-state index in [1.807, 2.05) is 59.3 Å². The molecule has 0 unspecified atom stereocenters. The molecule has 150 valence electrons. The molecule has 0 saturated heterocycles. The lowest BCUT2D eigenvalue weighted by atomic mass is 10.1. The molecule has 6 heteroatoms. The van der Waals surface area contributed by atoms with Crippen molar-refractivity contribution >= 4 is 45.2 Å². The van der Waals surface area contributed by atoms with Crippen molar-refractivity contribution in [2.75, 3.05) is 0 Å². The second kappa shape index (κ2) is 7.75. The van der Waals surface area contributed by atoms with Crippen molar-refractivity contribution in [1.29, 1.82) is 5.26 Å². The number of nitriles is 1. The van der Waals surface area contributed by atoms with E-state index >= 15 is 0 Å². The van der Waals surface area contributed by atoms with Gasteiger partial charge in [0.2, 0.25) is 0 Å². The topological polar surface area (TPSA) is 57.4 Å². The number of aromatic amines is 1. The van der Waals surface area contributed by atoms with Crippen molar-refractivity contribution in [2.45, 2.75) is 6.54 Å². The molecule has 0 fully saturated rings.